The molecule has 1 unspecified atom stereocenters. The van der Waals surface area contributed by atoms with Crippen LogP contribution in [0.3, 0.4) is 0 Å². The van der Waals surface area contributed by atoms with Crippen molar-refractivity contribution >= 4 is 45.8 Å². The number of carbonyl (C=O) groups excluding carboxylic acids is 2. The van der Waals surface area contributed by atoms with E-state index in [9.17, 15) is 9.59 Å². The van der Waals surface area contributed by atoms with Crippen molar-refractivity contribution in [2.75, 3.05) is 31.9 Å². The summed E-state index contributed by atoms with van der Waals surface area (Å²) in [5.41, 5.74) is 0.539. The lowest BCUT2D eigenvalue weighted by Crippen LogP contribution is -2.39. The molecule has 0 aromatic heterocycles. The lowest BCUT2D eigenvalue weighted by Gasteiger charge is -2.32. The number of anilines is 2. The van der Waals surface area contributed by atoms with E-state index in [0.29, 0.717) is 18.8 Å². The van der Waals surface area contributed by atoms with Crippen LogP contribution in [0.4, 0.5) is 20.2 Å². The van der Waals surface area contributed by atoms with Gasteiger partial charge in [0.2, 0.25) is 0 Å². The predicted molar refractivity (Wildman–Crippen MR) is 119 cm³/mol. The molecule has 2 heterocycles. The molecule has 2 aromatic rings. The molecule has 2 aliphatic heterocycles. The Labute approximate surface area is 192 Å². The molecule has 1 atom stereocenters. The lowest BCUT2D eigenvalue weighted by atomic mass is 10.0. The molecule has 164 valence electrons. The first kappa shape index (κ1) is 21.9. The average molecular weight is 542 g/mol. The van der Waals surface area contributed by atoms with Gasteiger partial charge in [-0.05, 0) is 72.2 Å². The SMILES string of the molecule is COCC1CCCN1C(=O)c1cc2c(c(F)c1F)N(c1ccc(I)cc1C)COC2=O. The first-order chi connectivity index (χ1) is 14.8. The first-order valence-electron chi connectivity index (χ1n) is 9.86. The molecule has 1 amide bonds. The molecule has 4 rings (SSSR count). The van der Waals surface area contributed by atoms with Crippen LogP contribution in [-0.2, 0) is 9.47 Å². The van der Waals surface area contributed by atoms with E-state index in [2.05, 4.69) is 22.6 Å². The number of esters is 1. The smallest absolute Gasteiger partial charge is 0.342 e. The minimum atomic E-state index is -1.27. The second-order valence-corrected chi connectivity index (χ2v) is 8.86. The number of hydrogen-bond acceptors (Lipinski definition) is 5. The summed E-state index contributed by atoms with van der Waals surface area (Å²) in [7, 11) is 1.53. The van der Waals surface area contributed by atoms with Gasteiger partial charge in [0.1, 0.15) is 0 Å². The quantitative estimate of drug-likeness (QED) is 0.424. The molecule has 2 aliphatic rings. The second kappa shape index (κ2) is 8.70. The van der Waals surface area contributed by atoms with E-state index in [1.54, 1.807) is 6.07 Å². The molecule has 6 nitrogen and oxygen atoms in total. The predicted octanol–water partition coefficient (Wildman–Crippen LogP) is 4.39. The van der Waals surface area contributed by atoms with E-state index >= 15 is 8.78 Å². The topological polar surface area (TPSA) is 59.1 Å². The third kappa shape index (κ3) is 3.89. The van der Waals surface area contributed by atoms with Gasteiger partial charge >= 0.3 is 5.97 Å². The van der Waals surface area contributed by atoms with Crippen LogP contribution in [-0.4, -0.2) is 49.8 Å². The Kier molecular flexibility index (Phi) is 6.16. The number of halogens is 3. The monoisotopic (exact) mass is 542 g/mol. The maximum Gasteiger partial charge on any atom is 0.342 e. The number of methoxy groups -OCH3 is 1. The molecule has 0 radical (unpaired) electrons. The van der Waals surface area contributed by atoms with Crippen molar-refractivity contribution in [1.29, 1.82) is 0 Å². The summed E-state index contributed by atoms with van der Waals surface area (Å²) in [6.07, 6.45) is 1.47. The van der Waals surface area contributed by atoms with Crippen molar-refractivity contribution in [2.24, 2.45) is 0 Å². The molecule has 0 N–H and O–H groups in total. The minimum Gasteiger partial charge on any atom is -0.440 e. The lowest BCUT2D eigenvalue weighted by molar-refractivity contribution is 0.0491. The zero-order chi connectivity index (χ0) is 22.3. The van der Waals surface area contributed by atoms with Crippen molar-refractivity contribution in [3.8, 4) is 0 Å². The Balaban J connectivity index is 1.79. The van der Waals surface area contributed by atoms with E-state index in [0.717, 1.165) is 28.0 Å². The molecule has 1 fully saturated rings. The number of benzene rings is 2. The van der Waals surface area contributed by atoms with Gasteiger partial charge in [0.25, 0.3) is 5.91 Å². The van der Waals surface area contributed by atoms with E-state index in [4.69, 9.17) is 9.47 Å². The average Bonchev–Trinajstić information content (AvgIpc) is 3.19. The standard InChI is InChI=1S/C22H21F2IN2O4/c1-12-8-13(25)5-6-17(12)27-11-31-22(29)16-9-15(18(23)19(24)20(16)27)21(28)26-7-3-4-14(26)10-30-2/h5-6,8-9,14H,3-4,7,10-11H2,1-2H3. The zero-order valence-electron chi connectivity index (χ0n) is 17.1. The first-order valence-corrected chi connectivity index (χ1v) is 10.9. The van der Waals surface area contributed by atoms with Gasteiger partial charge in [-0.1, -0.05) is 0 Å². The number of rotatable bonds is 4. The van der Waals surface area contributed by atoms with Crippen molar-refractivity contribution in [2.45, 2.75) is 25.8 Å². The van der Waals surface area contributed by atoms with Crippen molar-refractivity contribution in [3.63, 3.8) is 0 Å². The van der Waals surface area contributed by atoms with Gasteiger partial charge in [0.15, 0.2) is 18.4 Å². The van der Waals surface area contributed by atoms with Crippen LogP contribution < -0.4 is 4.90 Å². The van der Waals surface area contributed by atoms with Crippen LogP contribution >= 0.6 is 22.6 Å². The minimum absolute atomic E-state index is 0.172. The molecule has 0 aliphatic carbocycles. The van der Waals surface area contributed by atoms with E-state index < -0.39 is 29.1 Å². The van der Waals surface area contributed by atoms with Gasteiger partial charge in [-0.25, -0.2) is 13.6 Å². The highest BCUT2D eigenvalue weighted by Crippen LogP contribution is 2.39. The van der Waals surface area contributed by atoms with Crippen LogP contribution in [0.25, 0.3) is 0 Å². The summed E-state index contributed by atoms with van der Waals surface area (Å²) in [4.78, 5) is 28.4. The second-order valence-electron chi connectivity index (χ2n) is 7.62. The number of aryl methyl sites for hydroxylation is 1. The third-order valence-electron chi connectivity index (χ3n) is 5.67. The molecule has 31 heavy (non-hydrogen) atoms. The summed E-state index contributed by atoms with van der Waals surface area (Å²) in [6.45, 7) is 2.31. The molecule has 0 bridgehead atoms. The summed E-state index contributed by atoms with van der Waals surface area (Å²) in [5.74, 6) is -3.96. The molecule has 0 spiro atoms. The van der Waals surface area contributed by atoms with Crippen molar-refractivity contribution in [3.05, 3.63) is 56.2 Å². The molecule has 1 saturated heterocycles. The Morgan fingerprint density at radius 3 is 2.77 bits per heavy atom. The Hall–Kier alpha value is -2.27. The highest BCUT2D eigenvalue weighted by atomic mass is 127. The highest BCUT2D eigenvalue weighted by Gasteiger charge is 2.37. The van der Waals surface area contributed by atoms with Gasteiger partial charge in [-0.3, -0.25) is 4.79 Å². The van der Waals surface area contributed by atoms with Gasteiger partial charge in [0, 0.05) is 22.9 Å². The molecular formula is C22H21F2IN2O4. The van der Waals surface area contributed by atoms with Crippen LogP contribution in [0.5, 0.6) is 0 Å². The number of fused-ring (bicyclic) bond motifs is 1. The highest BCUT2D eigenvalue weighted by molar-refractivity contribution is 14.1. The largest absolute Gasteiger partial charge is 0.440 e. The third-order valence-corrected chi connectivity index (χ3v) is 6.34. The van der Waals surface area contributed by atoms with Crippen LogP contribution in [0, 0.1) is 22.1 Å². The van der Waals surface area contributed by atoms with Gasteiger partial charge in [0.05, 0.1) is 29.5 Å². The number of carbonyl (C=O) groups is 2. The summed E-state index contributed by atoms with van der Waals surface area (Å²) in [6, 6.07) is 6.37. The van der Waals surface area contributed by atoms with Gasteiger partial charge < -0.3 is 19.3 Å². The van der Waals surface area contributed by atoms with E-state index in [1.165, 1.54) is 16.9 Å². The molecule has 0 saturated carbocycles. The van der Waals surface area contributed by atoms with Crippen LogP contribution in [0.15, 0.2) is 24.3 Å². The number of likely N-dealkylation sites (tertiary alicyclic amines) is 1. The maximum atomic E-state index is 15.3. The maximum absolute atomic E-state index is 15.3. The van der Waals surface area contributed by atoms with Gasteiger partial charge in [-0.2, -0.15) is 0 Å². The molecule has 2 aromatic carbocycles. The number of hydrogen-bond donors (Lipinski definition) is 0. The number of nitrogens with zero attached hydrogens (tertiary/aromatic N) is 2. The number of cyclic esters (lactones) is 1. The summed E-state index contributed by atoms with van der Waals surface area (Å²) in [5, 5.41) is 0. The van der Waals surface area contributed by atoms with E-state index in [-0.39, 0.29) is 24.0 Å². The fourth-order valence-corrected chi connectivity index (χ4v) is 4.84. The van der Waals surface area contributed by atoms with Crippen molar-refractivity contribution in [1.82, 2.24) is 4.90 Å². The van der Waals surface area contributed by atoms with Crippen molar-refractivity contribution < 1.29 is 27.8 Å². The Morgan fingerprint density at radius 2 is 2.06 bits per heavy atom. The number of amides is 1. The fourth-order valence-electron chi connectivity index (χ4n) is 4.19. The van der Waals surface area contributed by atoms with Crippen LogP contribution in [0.2, 0.25) is 0 Å². The summed E-state index contributed by atoms with van der Waals surface area (Å²) < 4.78 is 41.8. The molecule has 9 heteroatoms. The zero-order valence-corrected chi connectivity index (χ0v) is 19.2. The normalized spacial score (nSPS) is 18.2. The van der Waals surface area contributed by atoms with Gasteiger partial charge in [-0.15, -0.1) is 0 Å². The Morgan fingerprint density at radius 1 is 1.29 bits per heavy atom. The van der Waals surface area contributed by atoms with Crippen LogP contribution in [0.1, 0.15) is 39.1 Å². The summed E-state index contributed by atoms with van der Waals surface area (Å²) >= 11 is 2.16. The number of ether oxygens (including phenoxy) is 2. The Bertz CT molecular complexity index is 1060. The molecular weight excluding hydrogens is 521 g/mol. The van der Waals surface area contributed by atoms with E-state index in [1.807, 2.05) is 19.1 Å². The fraction of sp³-hybridized carbons (Fsp3) is 0.364.